The van der Waals surface area contributed by atoms with Crippen molar-refractivity contribution in [2.24, 2.45) is 5.41 Å². The van der Waals surface area contributed by atoms with Crippen LogP contribution in [0.3, 0.4) is 0 Å². The molecule has 274 valence electrons. The molecule has 1 heteroatoms. The van der Waals surface area contributed by atoms with Crippen LogP contribution in [0.15, 0.2) is 189 Å². The summed E-state index contributed by atoms with van der Waals surface area (Å²) in [5.74, 6) is 0. The summed E-state index contributed by atoms with van der Waals surface area (Å²) >= 11 is 0. The predicted molar refractivity (Wildman–Crippen MR) is 240 cm³/mol. The van der Waals surface area contributed by atoms with Crippen molar-refractivity contribution in [3.05, 3.63) is 216 Å². The third-order valence-corrected chi connectivity index (χ3v) is 10.7. The SMILES string of the molecule is C=C(/C=C\C(=C/CC)c1cc(C2=CC=CCC2)ccc1-c1ccccc1)c1ccc(N(c2ccccc2)c2ccc3c(c2)CC(C)(C)C/C=C\C=C/C3)cc1. The van der Waals surface area contributed by atoms with E-state index in [1.54, 1.807) is 0 Å². The van der Waals surface area contributed by atoms with Crippen LogP contribution in [0.2, 0.25) is 0 Å². The van der Waals surface area contributed by atoms with Gasteiger partial charge < -0.3 is 4.90 Å². The fourth-order valence-corrected chi connectivity index (χ4v) is 7.76. The second kappa shape index (κ2) is 17.5. The molecule has 0 unspecified atom stereocenters. The summed E-state index contributed by atoms with van der Waals surface area (Å²) < 4.78 is 0. The van der Waals surface area contributed by atoms with Gasteiger partial charge in [-0.25, -0.2) is 0 Å². The van der Waals surface area contributed by atoms with Gasteiger partial charge in [-0.3, -0.25) is 0 Å². The first-order chi connectivity index (χ1) is 26.9. The lowest BCUT2D eigenvalue weighted by Gasteiger charge is -2.29. The topological polar surface area (TPSA) is 3.24 Å². The zero-order valence-electron chi connectivity index (χ0n) is 32.7. The van der Waals surface area contributed by atoms with Gasteiger partial charge in [0.1, 0.15) is 0 Å². The van der Waals surface area contributed by atoms with Gasteiger partial charge in [-0.15, -0.1) is 0 Å². The summed E-state index contributed by atoms with van der Waals surface area (Å²) in [4.78, 5) is 2.38. The van der Waals surface area contributed by atoms with Crippen molar-refractivity contribution < 1.29 is 0 Å². The number of allylic oxidation sites excluding steroid dienone is 13. The van der Waals surface area contributed by atoms with Gasteiger partial charge in [-0.05, 0) is 142 Å². The van der Waals surface area contributed by atoms with Crippen LogP contribution in [0.25, 0.3) is 27.8 Å². The van der Waals surface area contributed by atoms with Crippen LogP contribution in [0, 0.1) is 5.41 Å². The van der Waals surface area contributed by atoms with E-state index in [-0.39, 0.29) is 5.41 Å². The Bertz CT molecular complexity index is 2290. The van der Waals surface area contributed by atoms with Gasteiger partial charge in [-0.2, -0.15) is 0 Å². The number of hydrogen-bond donors (Lipinski definition) is 0. The molecule has 0 atom stereocenters. The molecule has 0 radical (unpaired) electrons. The molecule has 0 aromatic heterocycles. The minimum absolute atomic E-state index is 0.171. The van der Waals surface area contributed by atoms with Gasteiger partial charge in [0.05, 0.1) is 0 Å². The number of fused-ring (bicyclic) bond motifs is 1. The van der Waals surface area contributed by atoms with Gasteiger partial charge >= 0.3 is 0 Å². The van der Waals surface area contributed by atoms with Gasteiger partial charge in [0, 0.05) is 17.1 Å². The first-order valence-corrected chi connectivity index (χ1v) is 19.9. The van der Waals surface area contributed by atoms with E-state index in [0.29, 0.717) is 0 Å². The van der Waals surface area contributed by atoms with E-state index in [2.05, 4.69) is 214 Å². The molecule has 0 saturated carbocycles. The molecular weight excluding hydrogens is 663 g/mol. The van der Waals surface area contributed by atoms with Crippen molar-refractivity contribution in [2.75, 3.05) is 4.90 Å². The standard InChI is InChI=1S/C54H53N/c1-5-19-45(53-39-47(43-20-12-8-13-21-43)32-36-52(53)46-23-14-9-15-24-46)28-27-41(2)42-29-33-50(34-30-42)55(49-25-16-10-17-26-49)51-35-31-44-22-11-6-7-18-37-54(3,4)40-48(44)38-51/h6-12,14-20,23-36,38-39H,2,5,13,21-22,37,40H2,1,3-4H3/b11-6-,18-7-,28-27-,45-19+. The number of para-hydroxylation sites is 1. The zero-order chi connectivity index (χ0) is 38.0. The Morgan fingerprint density at radius 2 is 1.42 bits per heavy atom. The van der Waals surface area contributed by atoms with Gasteiger partial charge in [0.2, 0.25) is 0 Å². The van der Waals surface area contributed by atoms with Crippen molar-refractivity contribution in [3.63, 3.8) is 0 Å². The molecule has 55 heavy (non-hydrogen) atoms. The van der Waals surface area contributed by atoms with E-state index in [0.717, 1.165) is 61.0 Å². The van der Waals surface area contributed by atoms with Crippen molar-refractivity contribution >= 4 is 33.8 Å². The summed E-state index contributed by atoms with van der Waals surface area (Å²) in [7, 11) is 0. The Kier molecular flexibility index (Phi) is 11.9. The maximum atomic E-state index is 4.55. The number of anilines is 3. The van der Waals surface area contributed by atoms with E-state index in [1.807, 2.05) is 0 Å². The molecule has 2 aliphatic rings. The lowest BCUT2D eigenvalue weighted by molar-refractivity contribution is 0.368. The number of benzene rings is 5. The normalized spacial score (nSPS) is 16.6. The molecule has 2 aliphatic carbocycles. The fourth-order valence-electron chi connectivity index (χ4n) is 7.76. The van der Waals surface area contributed by atoms with Crippen LogP contribution >= 0.6 is 0 Å². The maximum Gasteiger partial charge on any atom is 0.0464 e. The van der Waals surface area contributed by atoms with Crippen molar-refractivity contribution in [3.8, 4) is 11.1 Å². The third kappa shape index (κ3) is 9.25. The van der Waals surface area contributed by atoms with E-state index < -0.39 is 0 Å². The van der Waals surface area contributed by atoms with Crippen molar-refractivity contribution in [1.29, 1.82) is 0 Å². The Labute approximate surface area is 329 Å². The summed E-state index contributed by atoms with van der Waals surface area (Å²) in [6.07, 6.45) is 28.6. The Morgan fingerprint density at radius 3 is 2.16 bits per heavy atom. The van der Waals surface area contributed by atoms with Crippen LogP contribution in [0.4, 0.5) is 17.1 Å². The van der Waals surface area contributed by atoms with Crippen LogP contribution in [0.1, 0.15) is 74.3 Å². The second-order valence-corrected chi connectivity index (χ2v) is 15.5. The Hall–Kier alpha value is -5.92. The molecule has 0 spiro atoms. The molecule has 0 saturated heterocycles. The molecule has 0 aliphatic heterocycles. The summed E-state index contributed by atoms with van der Waals surface area (Å²) in [6, 6.07) is 44.3. The lowest BCUT2D eigenvalue weighted by Crippen LogP contribution is -2.16. The highest BCUT2D eigenvalue weighted by Gasteiger charge is 2.21. The van der Waals surface area contributed by atoms with Crippen molar-refractivity contribution in [1.82, 2.24) is 0 Å². The minimum Gasteiger partial charge on any atom is -0.310 e. The quantitative estimate of drug-likeness (QED) is 0.130. The smallest absolute Gasteiger partial charge is 0.0464 e. The first kappa shape index (κ1) is 37.4. The molecular formula is C54H53N. The van der Waals surface area contributed by atoms with Gasteiger partial charge in [0.25, 0.3) is 0 Å². The van der Waals surface area contributed by atoms with E-state index in [9.17, 15) is 0 Å². The molecule has 0 bridgehead atoms. The number of rotatable bonds is 10. The molecule has 5 aromatic rings. The largest absolute Gasteiger partial charge is 0.310 e. The molecule has 0 N–H and O–H groups in total. The summed E-state index contributed by atoms with van der Waals surface area (Å²) in [5, 5.41) is 0. The average Bonchev–Trinajstić information content (AvgIpc) is 3.22. The van der Waals surface area contributed by atoms with Gasteiger partial charge in [-0.1, -0.05) is 167 Å². The van der Waals surface area contributed by atoms with Crippen LogP contribution in [-0.2, 0) is 12.8 Å². The van der Waals surface area contributed by atoms with Gasteiger partial charge in [0.15, 0.2) is 0 Å². The number of hydrogen-bond acceptors (Lipinski definition) is 1. The molecule has 0 fully saturated rings. The second-order valence-electron chi connectivity index (χ2n) is 15.5. The molecule has 0 amide bonds. The highest BCUT2D eigenvalue weighted by molar-refractivity contribution is 5.90. The van der Waals surface area contributed by atoms with E-state index in [4.69, 9.17) is 0 Å². The summed E-state index contributed by atoms with van der Waals surface area (Å²) in [6.45, 7) is 11.5. The first-order valence-electron chi connectivity index (χ1n) is 19.9. The lowest BCUT2D eigenvalue weighted by atomic mass is 9.80. The fraction of sp³-hybridized carbons (Fsp3) is 0.185. The van der Waals surface area contributed by atoms with Crippen LogP contribution in [0.5, 0.6) is 0 Å². The molecule has 7 rings (SSSR count). The Morgan fingerprint density at radius 1 is 0.691 bits per heavy atom. The van der Waals surface area contributed by atoms with Crippen molar-refractivity contribution in [2.45, 2.75) is 59.3 Å². The zero-order valence-corrected chi connectivity index (χ0v) is 32.7. The van der Waals surface area contributed by atoms with Crippen LogP contribution in [-0.4, -0.2) is 0 Å². The highest BCUT2D eigenvalue weighted by atomic mass is 15.1. The summed E-state index contributed by atoms with van der Waals surface area (Å²) in [5.41, 5.74) is 16.1. The molecule has 0 heterocycles. The Balaban J connectivity index is 1.19. The van der Waals surface area contributed by atoms with E-state index in [1.165, 1.54) is 50.2 Å². The maximum absolute atomic E-state index is 4.55. The molecule has 1 nitrogen and oxygen atoms in total. The predicted octanol–water partition coefficient (Wildman–Crippen LogP) is 15.2. The van der Waals surface area contributed by atoms with Crippen LogP contribution < -0.4 is 4.90 Å². The highest BCUT2D eigenvalue weighted by Crippen LogP contribution is 2.39. The molecule has 5 aromatic carbocycles. The monoisotopic (exact) mass is 715 g/mol. The minimum atomic E-state index is 0.171. The third-order valence-electron chi connectivity index (χ3n) is 10.7. The average molecular weight is 716 g/mol. The van der Waals surface area contributed by atoms with E-state index >= 15 is 0 Å². The number of nitrogens with zero attached hydrogens (tertiary/aromatic N) is 1.